The molecule has 0 aliphatic heterocycles. The number of aryl methyl sites for hydroxylation is 1. The van der Waals surface area contributed by atoms with Crippen molar-refractivity contribution in [3.8, 4) is 0 Å². The van der Waals surface area contributed by atoms with Gasteiger partial charge in [0.15, 0.2) is 9.84 Å². The third-order valence-corrected chi connectivity index (χ3v) is 7.60. The number of carbonyl (C=O) groups is 1. The summed E-state index contributed by atoms with van der Waals surface area (Å²) >= 11 is 0. The third-order valence-electron chi connectivity index (χ3n) is 5.37. The Balaban J connectivity index is 1.58. The number of sulfone groups is 1. The molecule has 2 unspecified atom stereocenters. The number of carbonyl (C=O) groups excluding carboxylic acids is 1. The SMILES string of the molecule is CCOC1CCCC(S(=O)(=O)c2ccc(NC(=O)CCc3ccccc3)cc2)C1. The van der Waals surface area contributed by atoms with Crippen LogP contribution in [0.15, 0.2) is 59.5 Å². The number of nitrogens with one attached hydrogen (secondary N) is 1. The molecule has 0 bridgehead atoms. The predicted octanol–water partition coefficient (Wildman–Crippen LogP) is 4.38. The second-order valence-electron chi connectivity index (χ2n) is 7.47. The van der Waals surface area contributed by atoms with Gasteiger partial charge in [0, 0.05) is 18.7 Å². The molecule has 2 aromatic rings. The van der Waals surface area contributed by atoms with E-state index in [0.29, 0.717) is 42.9 Å². The first-order valence-electron chi connectivity index (χ1n) is 10.3. The minimum Gasteiger partial charge on any atom is -0.378 e. The fourth-order valence-corrected chi connectivity index (χ4v) is 5.66. The zero-order valence-electron chi connectivity index (χ0n) is 16.8. The molecule has 29 heavy (non-hydrogen) atoms. The van der Waals surface area contributed by atoms with E-state index in [0.717, 1.165) is 18.4 Å². The van der Waals surface area contributed by atoms with Crippen LogP contribution in [0.4, 0.5) is 5.69 Å². The molecule has 6 heteroatoms. The van der Waals surface area contributed by atoms with Crippen LogP contribution in [0.5, 0.6) is 0 Å². The molecule has 2 aromatic carbocycles. The first kappa shape index (κ1) is 21.5. The summed E-state index contributed by atoms with van der Waals surface area (Å²) < 4.78 is 31.6. The Morgan fingerprint density at radius 3 is 2.48 bits per heavy atom. The van der Waals surface area contributed by atoms with Gasteiger partial charge in [-0.1, -0.05) is 30.3 Å². The van der Waals surface area contributed by atoms with E-state index in [1.54, 1.807) is 24.3 Å². The standard InChI is InChI=1S/C23H29NO4S/c1-2-28-20-9-6-10-22(17-20)29(26,27)21-14-12-19(13-15-21)24-23(25)16-11-18-7-4-3-5-8-18/h3-5,7-8,12-15,20,22H,2,6,9-11,16-17H2,1H3,(H,24,25). The zero-order valence-corrected chi connectivity index (χ0v) is 17.7. The number of benzene rings is 2. The molecule has 1 aliphatic rings. The van der Waals surface area contributed by atoms with Gasteiger partial charge in [-0.05, 0) is 68.9 Å². The highest BCUT2D eigenvalue weighted by Gasteiger charge is 2.33. The summed E-state index contributed by atoms with van der Waals surface area (Å²) in [6.45, 7) is 2.54. The normalized spacial score (nSPS) is 19.6. The lowest BCUT2D eigenvalue weighted by atomic mass is 9.97. The van der Waals surface area contributed by atoms with E-state index in [1.807, 2.05) is 37.3 Å². The first-order valence-corrected chi connectivity index (χ1v) is 11.8. The first-order chi connectivity index (χ1) is 14.0. The Kier molecular flexibility index (Phi) is 7.45. The summed E-state index contributed by atoms with van der Waals surface area (Å²) in [6, 6.07) is 16.3. The molecule has 0 aromatic heterocycles. The van der Waals surface area contributed by atoms with Crippen molar-refractivity contribution in [3.05, 3.63) is 60.2 Å². The molecule has 156 valence electrons. The summed E-state index contributed by atoms with van der Waals surface area (Å²) in [4.78, 5) is 12.5. The van der Waals surface area contributed by atoms with Crippen molar-refractivity contribution in [1.29, 1.82) is 0 Å². The van der Waals surface area contributed by atoms with Gasteiger partial charge in [0.05, 0.1) is 16.2 Å². The average Bonchev–Trinajstić information content (AvgIpc) is 2.74. The quantitative estimate of drug-likeness (QED) is 0.694. The summed E-state index contributed by atoms with van der Waals surface area (Å²) in [5, 5.41) is 2.44. The Morgan fingerprint density at radius 1 is 1.07 bits per heavy atom. The molecule has 1 amide bonds. The van der Waals surface area contributed by atoms with Gasteiger partial charge in [-0.25, -0.2) is 8.42 Å². The van der Waals surface area contributed by atoms with E-state index in [1.165, 1.54) is 0 Å². The lowest BCUT2D eigenvalue weighted by Gasteiger charge is -2.28. The van der Waals surface area contributed by atoms with Crippen LogP contribution in [0.3, 0.4) is 0 Å². The summed E-state index contributed by atoms with van der Waals surface area (Å²) in [5.74, 6) is -0.0868. The highest BCUT2D eigenvalue weighted by Crippen LogP contribution is 2.30. The van der Waals surface area contributed by atoms with Crippen molar-refractivity contribution >= 4 is 21.4 Å². The van der Waals surface area contributed by atoms with Crippen LogP contribution in [0.25, 0.3) is 0 Å². The molecule has 0 radical (unpaired) electrons. The van der Waals surface area contributed by atoms with E-state index in [2.05, 4.69) is 5.32 Å². The van der Waals surface area contributed by atoms with E-state index >= 15 is 0 Å². The van der Waals surface area contributed by atoms with Crippen molar-refractivity contribution in [3.63, 3.8) is 0 Å². The number of hydrogen-bond donors (Lipinski definition) is 1. The van der Waals surface area contributed by atoms with Crippen molar-refractivity contribution in [2.75, 3.05) is 11.9 Å². The Morgan fingerprint density at radius 2 is 1.79 bits per heavy atom. The van der Waals surface area contributed by atoms with Crippen LogP contribution in [0, 0.1) is 0 Å². The smallest absolute Gasteiger partial charge is 0.224 e. The second-order valence-corrected chi connectivity index (χ2v) is 9.70. The molecule has 1 N–H and O–H groups in total. The topological polar surface area (TPSA) is 72.5 Å². The Bertz CT molecular complexity index is 892. The number of ether oxygens (including phenoxy) is 1. The molecule has 1 saturated carbocycles. The highest BCUT2D eigenvalue weighted by molar-refractivity contribution is 7.92. The lowest BCUT2D eigenvalue weighted by molar-refractivity contribution is -0.116. The predicted molar refractivity (Wildman–Crippen MR) is 115 cm³/mol. The largest absolute Gasteiger partial charge is 0.378 e. The van der Waals surface area contributed by atoms with Gasteiger partial charge in [-0.2, -0.15) is 0 Å². The van der Waals surface area contributed by atoms with E-state index in [9.17, 15) is 13.2 Å². The molecule has 0 heterocycles. The molecule has 1 fully saturated rings. The van der Waals surface area contributed by atoms with Gasteiger partial charge < -0.3 is 10.1 Å². The van der Waals surface area contributed by atoms with Gasteiger partial charge >= 0.3 is 0 Å². The maximum absolute atomic E-state index is 13.0. The number of anilines is 1. The Labute approximate surface area is 173 Å². The Hall–Kier alpha value is -2.18. The molecular formula is C23H29NO4S. The molecule has 2 atom stereocenters. The minimum atomic E-state index is -3.40. The average molecular weight is 416 g/mol. The van der Waals surface area contributed by atoms with Crippen LogP contribution in [0.2, 0.25) is 0 Å². The van der Waals surface area contributed by atoms with Crippen LogP contribution in [0.1, 0.15) is 44.6 Å². The van der Waals surface area contributed by atoms with E-state index in [-0.39, 0.29) is 12.0 Å². The number of amides is 1. The van der Waals surface area contributed by atoms with Crippen molar-refractivity contribution in [2.24, 2.45) is 0 Å². The van der Waals surface area contributed by atoms with Crippen molar-refractivity contribution in [2.45, 2.75) is 61.7 Å². The molecule has 5 nitrogen and oxygen atoms in total. The van der Waals surface area contributed by atoms with E-state index < -0.39 is 15.1 Å². The maximum atomic E-state index is 13.0. The van der Waals surface area contributed by atoms with Gasteiger partial charge in [0.1, 0.15) is 0 Å². The van der Waals surface area contributed by atoms with Crippen molar-refractivity contribution < 1.29 is 17.9 Å². The molecular weight excluding hydrogens is 386 g/mol. The summed E-state index contributed by atoms with van der Waals surface area (Å²) in [5.41, 5.74) is 1.72. The summed E-state index contributed by atoms with van der Waals surface area (Å²) in [7, 11) is -3.40. The van der Waals surface area contributed by atoms with Crippen LogP contribution in [-0.4, -0.2) is 32.3 Å². The summed E-state index contributed by atoms with van der Waals surface area (Å²) in [6.07, 6.45) is 4.08. The highest BCUT2D eigenvalue weighted by atomic mass is 32.2. The van der Waals surface area contributed by atoms with Crippen LogP contribution in [-0.2, 0) is 25.8 Å². The minimum absolute atomic E-state index is 0.0247. The molecule has 0 saturated heterocycles. The fourth-order valence-electron chi connectivity index (χ4n) is 3.82. The fraction of sp³-hybridized carbons (Fsp3) is 0.435. The third kappa shape index (κ3) is 5.90. The van der Waals surface area contributed by atoms with Gasteiger partial charge in [-0.15, -0.1) is 0 Å². The van der Waals surface area contributed by atoms with Crippen LogP contribution >= 0.6 is 0 Å². The molecule has 1 aliphatic carbocycles. The van der Waals surface area contributed by atoms with Crippen LogP contribution < -0.4 is 5.32 Å². The molecule has 0 spiro atoms. The number of hydrogen-bond acceptors (Lipinski definition) is 4. The van der Waals surface area contributed by atoms with Gasteiger partial charge in [0.2, 0.25) is 5.91 Å². The van der Waals surface area contributed by atoms with E-state index in [4.69, 9.17) is 4.74 Å². The maximum Gasteiger partial charge on any atom is 0.224 e. The number of rotatable bonds is 8. The zero-order chi connectivity index (χ0) is 20.7. The van der Waals surface area contributed by atoms with Gasteiger partial charge in [0.25, 0.3) is 0 Å². The van der Waals surface area contributed by atoms with Crippen molar-refractivity contribution in [1.82, 2.24) is 0 Å². The monoisotopic (exact) mass is 415 g/mol. The lowest BCUT2D eigenvalue weighted by Crippen LogP contribution is -2.32. The second kappa shape index (κ2) is 10.0. The van der Waals surface area contributed by atoms with Gasteiger partial charge in [-0.3, -0.25) is 4.79 Å². The molecule has 3 rings (SSSR count).